The van der Waals surface area contributed by atoms with Crippen LogP contribution in [0, 0.1) is 27.7 Å². The summed E-state index contributed by atoms with van der Waals surface area (Å²) in [5, 5.41) is 14.3. The highest BCUT2D eigenvalue weighted by Crippen LogP contribution is 2.39. The Morgan fingerprint density at radius 3 is 2.54 bits per heavy atom. The Morgan fingerprint density at radius 1 is 1.03 bits per heavy atom. The van der Waals surface area contributed by atoms with Crippen molar-refractivity contribution >= 4 is 23.0 Å². The van der Waals surface area contributed by atoms with Crippen LogP contribution in [0.25, 0.3) is 0 Å². The minimum Gasteiger partial charge on any atom is -0.365 e. The van der Waals surface area contributed by atoms with Crippen molar-refractivity contribution in [1.82, 2.24) is 5.32 Å². The Kier molecular flexibility index (Phi) is 6.07. The zero-order valence-corrected chi connectivity index (χ0v) is 18.9. The van der Waals surface area contributed by atoms with Crippen LogP contribution in [0.1, 0.15) is 11.1 Å². The second kappa shape index (κ2) is 9.32. The molecule has 1 fully saturated rings. The Morgan fingerprint density at radius 2 is 1.80 bits per heavy atom. The molecule has 2 aliphatic heterocycles. The van der Waals surface area contributed by atoms with Crippen LogP contribution in [0.15, 0.2) is 66.7 Å². The number of carbonyl (C=O) groups excluding carboxylic acids is 1. The molecule has 0 saturated carbocycles. The summed E-state index contributed by atoms with van der Waals surface area (Å²) in [6.45, 7) is 1.77. The van der Waals surface area contributed by atoms with E-state index in [1.165, 1.54) is 30.3 Å². The maximum Gasteiger partial charge on any atom is 0.269 e. The van der Waals surface area contributed by atoms with Crippen molar-refractivity contribution in [1.29, 1.82) is 0 Å². The SMILES string of the molecule is O=C(NCc1ccc(F)cc1)[C@H]1Cc2cc([N+](=O)[O-])ccc2N2CCN(c3ccccc3F)C[C@H]12. The molecule has 2 heterocycles. The number of nitrogens with zero attached hydrogens (tertiary/aromatic N) is 3. The molecule has 3 aromatic carbocycles. The molecule has 3 aromatic rings. The van der Waals surface area contributed by atoms with Gasteiger partial charge in [-0.05, 0) is 47.9 Å². The molecule has 0 radical (unpaired) electrons. The molecular formula is C26H24F2N4O3. The summed E-state index contributed by atoms with van der Waals surface area (Å²) in [6.07, 6.45) is 0.332. The number of halogens is 2. The molecule has 1 N–H and O–H groups in total. The molecule has 35 heavy (non-hydrogen) atoms. The molecule has 7 nitrogen and oxygen atoms in total. The van der Waals surface area contributed by atoms with Crippen LogP contribution < -0.4 is 15.1 Å². The predicted molar refractivity (Wildman–Crippen MR) is 128 cm³/mol. The maximum atomic E-state index is 14.5. The molecule has 5 rings (SSSR count). The van der Waals surface area contributed by atoms with E-state index in [1.54, 1.807) is 36.4 Å². The summed E-state index contributed by atoms with van der Waals surface area (Å²) >= 11 is 0. The monoisotopic (exact) mass is 478 g/mol. The molecule has 2 atom stereocenters. The average molecular weight is 478 g/mol. The number of amides is 1. The third-order valence-electron chi connectivity index (χ3n) is 6.82. The van der Waals surface area contributed by atoms with Gasteiger partial charge in [-0.1, -0.05) is 24.3 Å². The number of fused-ring (bicyclic) bond motifs is 3. The van der Waals surface area contributed by atoms with Gasteiger partial charge >= 0.3 is 0 Å². The molecule has 9 heteroatoms. The van der Waals surface area contributed by atoms with Gasteiger partial charge in [0.1, 0.15) is 11.6 Å². The number of benzene rings is 3. The van der Waals surface area contributed by atoms with E-state index in [1.807, 2.05) is 4.90 Å². The minimum absolute atomic E-state index is 0.0161. The number of carbonyl (C=O) groups is 1. The lowest BCUT2D eigenvalue weighted by atomic mass is 9.83. The smallest absolute Gasteiger partial charge is 0.269 e. The van der Waals surface area contributed by atoms with Crippen LogP contribution in [0.2, 0.25) is 0 Å². The molecule has 0 bridgehead atoms. The van der Waals surface area contributed by atoms with E-state index < -0.39 is 10.8 Å². The molecule has 1 saturated heterocycles. The summed E-state index contributed by atoms with van der Waals surface area (Å²) in [7, 11) is 0. The molecule has 0 aliphatic carbocycles. The van der Waals surface area contributed by atoms with Gasteiger partial charge in [-0.25, -0.2) is 8.78 Å². The van der Waals surface area contributed by atoms with Gasteiger partial charge in [0.25, 0.3) is 5.69 Å². The van der Waals surface area contributed by atoms with Gasteiger partial charge in [0.2, 0.25) is 5.91 Å². The van der Waals surface area contributed by atoms with Crippen LogP contribution in [-0.2, 0) is 17.8 Å². The standard InChI is InChI=1S/C26H24F2N4O3/c27-19-7-5-17(6-8-19)15-29-26(33)21-14-18-13-20(32(34)35)9-10-23(18)31-12-11-30(16-25(21)31)24-4-2-1-3-22(24)28/h1-10,13,21,25H,11-12,14-16H2,(H,29,33)/t21-,25+/m0/s1. The minimum atomic E-state index is -0.500. The topological polar surface area (TPSA) is 78.7 Å². The van der Waals surface area contributed by atoms with Crippen molar-refractivity contribution in [2.75, 3.05) is 29.4 Å². The van der Waals surface area contributed by atoms with Gasteiger partial charge in [-0.3, -0.25) is 14.9 Å². The maximum absolute atomic E-state index is 14.5. The van der Waals surface area contributed by atoms with Crippen LogP contribution in [0.4, 0.5) is 25.8 Å². The summed E-state index contributed by atoms with van der Waals surface area (Å²) in [5.74, 6) is -1.36. The first-order valence-electron chi connectivity index (χ1n) is 11.5. The van der Waals surface area contributed by atoms with Crippen LogP contribution in [0.5, 0.6) is 0 Å². The number of anilines is 2. The van der Waals surface area contributed by atoms with Gasteiger partial charge < -0.3 is 15.1 Å². The van der Waals surface area contributed by atoms with Gasteiger partial charge in [0, 0.05) is 44.0 Å². The van der Waals surface area contributed by atoms with Gasteiger partial charge in [0.05, 0.1) is 22.6 Å². The van der Waals surface area contributed by atoms with Gasteiger partial charge in [-0.2, -0.15) is 0 Å². The lowest BCUT2D eigenvalue weighted by molar-refractivity contribution is -0.384. The fourth-order valence-corrected chi connectivity index (χ4v) is 5.07. The van der Waals surface area contributed by atoms with Gasteiger partial charge in [0.15, 0.2) is 0 Å². The fourth-order valence-electron chi connectivity index (χ4n) is 5.07. The van der Waals surface area contributed by atoms with E-state index in [2.05, 4.69) is 10.2 Å². The summed E-state index contributed by atoms with van der Waals surface area (Å²) < 4.78 is 27.7. The number of hydrogen-bond donors (Lipinski definition) is 1. The van der Waals surface area contributed by atoms with Crippen molar-refractivity contribution in [2.24, 2.45) is 5.92 Å². The first kappa shape index (κ1) is 22.8. The molecule has 0 aromatic heterocycles. The molecule has 2 aliphatic rings. The first-order valence-corrected chi connectivity index (χ1v) is 11.5. The number of non-ortho nitro benzene ring substituents is 1. The summed E-state index contributed by atoms with van der Waals surface area (Å²) in [4.78, 5) is 28.4. The highest BCUT2D eigenvalue weighted by molar-refractivity contribution is 5.82. The average Bonchev–Trinajstić information content (AvgIpc) is 2.87. The quantitative estimate of drug-likeness (QED) is 0.442. The Bertz CT molecular complexity index is 1270. The molecule has 180 valence electrons. The van der Waals surface area contributed by atoms with E-state index in [0.29, 0.717) is 31.7 Å². The lowest BCUT2D eigenvalue weighted by Gasteiger charge is -2.49. The summed E-state index contributed by atoms with van der Waals surface area (Å²) in [6, 6.07) is 17.0. The predicted octanol–water partition coefficient (Wildman–Crippen LogP) is 4.06. The highest BCUT2D eigenvalue weighted by atomic mass is 19.1. The third kappa shape index (κ3) is 4.53. The number of nitro groups is 1. The Balaban J connectivity index is 1.44. The van der Waals surface area contributed by atoms with E-state index in [9.17, 15) is 23.7 Å². The molecule has 0 unspecified atom stereocenters. The Hall–Kier alpha value is -4.01. The number of piperazine rings is 1. The Labute approximate surface area is 201 Å². The van der Waals surface area contributed by atoms with Gasteiger partial charge in [-0.15, -0.1) is 0 Å². The fraction of sp³-hybridized carbons (Fsp3) is 0.269. The van der Waals surface area contributed by atoms with Crippen molar-refractivity contribution in [3.05, 3.63) is 99.6 Å². The largest absolute Gasteiger partial charge is 0.365 e. The number of nitro benzene ring substituents is 1. The second-order valence-electron chi connectivity index (χ2n) is 8.88. The van der Waals surface area contributed by atoms with Crippen LogP contribution in [0.3, 0.4) is 0 Å². The van der Waals surface area contributed by atoms with Crippen LogP contribution in [-0.4, -0.2) is 36.5 Å². The van der Waals surface area contributed by atoms with Crippen LogP contribution >= 0.6 is 0 Å². The second-order valence-corrected chi connectivity index (χ2v) is 8.88. The molecule has 0 spiro atoms. The number of hydrogen-bond acceptors (Lipinski definition) is 5. The number of para-hydroxylation sites is 1. The number of nitrogens with one attached hydrogen (secondary N) is 1. The van der Waals surface area contributed by atoms with E-state index >= 15 is 0 Å². The zero-order valence-electron chi connectivity index (χ0n) is 18.9. The highest BCUT2D eigenvalue weighted by Gasteiger charge is 2.42. The third-order valence-corrected chi connectivity index (χ3v) is 6.82. The van der Waals surface area contributed by atoms with E-state index in [0.717, 1.165) is 16.8 Å². The zero-order chi connectivity index (χ0) is 24.5. The first-order chi connectivity index (χ1) is 16.9. The normalized spacial score (nSPS) is 19.0. The van der Waals surface area contributed by atoms with E-state index in [-0.39, 0.29) is 35.8 Å². The van der Waals surface area contributed by atoms with Crippen molar-refractivity contribution in [2.45, 2.75) is 19.0 Å². The van der Waals surface area contributed by atoms with Crippen molar-refractivity contribution < 1.29 is 18.5 Å². The van der Waals surface area contributed by atoms with Crippen molar-refractivity contribution in [3.63, 3.8) is 0 Å². The lowest BCUT2D eigenvalue weighted by Crippen LogP contribution is -2.61. The molecule has 1 amide bonds. The van der Waals surface area contributed by atoms with Crippen molar-refractivity contribution in [3.8, 4) is 0 Å². The summed E-state index contributed by atoms with van der Waals surface area (Å²) in [5.41, 5.74) is 2.86. The molecular weight excluding hydrogens is 454 g/mol. The number of rotatable bonds is 5. The van der Waals surface area contributed by atoms with E-state index in [4.69, 9.17) is 0 Å².